The molecule has 1 fully saturated rings. The lowest BCUT2D eigenvalue weighted by atomic mass is 10.2. The summed E-state index contributed by atoms with van der Waals surface area (Å²) >= 11 is 0. The molecule has 10 heteroatoms. The molecule has 1 N–H and O–H groups in total. The molecule has 4 rings (SSSR count). The minimum absolute atomic E-state index is 0.0856. The third-order valence-electron chi connectivity index (χ3n) is 5.35. The summed E-state index contributed by atoms with van der Waals surface area (Å²) in [6.45, 7) is 3.68. The summed E-state index contributed by atoms with van der Waals surface area (Å²) in [5.74, 6) is 0.559. The number of nitrogens with zero attached hydrogens (tertiary/aromatic N) is 3. The second-order valence-electron chi connectivity index (χ2n) is 7.69. The molecule has 2 aromatic rings. The van der Waals surface area contributed by atoms with Crippen LogP contribution in [0.25, 0.3) is 0 Å². The minimum Gasteiger partial charge on any atom is -0.454 e. The van der Waals surface area contributed by atoms with Gasteiger partial charge in [-0.2, -0.15) is 0 Å². The predicted molar refractivity (Wildman–Crippen MR) is 120 cm³/mol. The maximum Gasteiger partial charge on any atom is 0.245 e. The first kappa shape index (κ1) is 21.3. The zero-order chi connectivity index (χ0) is 22.0. The van der Waals surface area contributed by atoms with Crippen LogP contribution in [0.1, 0.15) is 0 Å². The van der Waals surface area contributed by atoms with E-state index < -0.39 is 15.9 Å². The largest absolute Gasteiger partial charge is 0.454 e. The highest BCUT2D eigenvalue weighted by Gasteiger charge is 2.24. The Morgan fingerprint density at radius 2 is 1.71 bits per heavy atom. The van der Waals surface area contributed by atoms with Gasteiger partial charge in [-0.15, -0.1) is 0 Å². The van der Waals surface area contributed by atoms with Gasteiger partial charge in [-0.1, -0.05) is 0 Å². The van der Waals surface area contributed by atoms with Gasteiger partial charge in [0.1, 0.15) is 6.54 Å². The van der Waals surface area contributed by atoms with E-state index in [0.717, 1.165) is 42.4 Å². The van der Waals surface area contributed by atoms with Crippen molar-refractivity contribution in [2.24, 2.45) is 0 Å². The molecule has 2 aromatic carbocycles. The van der Waals surface area contributed by atoms with Crippen molar-refractivity contribution in [3.8, 4) is 11.5 Å². The van der Waals surface area contributed by atoms with E-state index in [0.29, 0.717) is 22.9 Å². The van der Waals surface area contributed by atoms with Crippen LogP contribution < -0.4 is 24.0 Å². The summed E-state index contributed by atoms with van der Waals surface area (Å²) in [6, 6.07) is 12.4. The van der Waals surface area contributed by atoms with Crippen LogP contribution in [0.5, 0.6) is 11.5 Å². The third kappa shape index (κ3) is 5.02. The Morgan fingerprint density at radius 1 is 1.03 bits per heavy atom. The number of likely N-dealkylation sites (N-methyl/N-ethyl adjacent to an activating group) is 1. The molecular formula is C21H26N4O5S. The van der Waals surface area contributed by atoms with E-state index in [1.807, 2.05) is 24.3 Å². The van der Waals surface area contributed by atoms with Crippen molar-refractivity contribution >= 4 is 33.0 Å². The van der Waals surface area contributed by atoms with E-state index >= 15 is 0 Å². The average Bonchev–Trinajstić information content (AvgIpc) is 3.20. The van der Waals surface area contributed by atoms with Crippen LogP contribution in [0, 0.1) is 0 Å². The van der Waals surface area contributed by atoms with Gasteiger partial charge in [0.05, 0.1) is 11.9 Å². The van der Waals surface area contributed by atoms with Crippen LogP contribution in [0.2, 0.25) is 0 Å². The highest BCUT2D eigenvalue weighted by atomic mass is 32.2. The van der Waals surface area contributed by atoms with Gasteiger partial charge in [-0.25, -0.2) is 8.42 Å². The second-order valence-corrected chi connectivity index (χ2v) is 9.60. The Kier molecular flexibility index (Phi) is 5.92. The van der Waals surface area contributed by atoms with Gasteiger partial charge in [0.2, 0.25) is 22.7 Å². The number of sulfonamides is 1. The molecule has 2 aliphatic rings. The van der Waals surface area contributed by atoms with Crippen molar-refractivity contribution < 1.29 is 22.7 Å². The molecule has 9 nitrogen and oxygen atoms in total. The Bertz CT molecular complexity index is 1050. The molecular weight excluding hydrogens is 420 g/mol. The number of hydrogen-bond donors (Lipinski definition) is 1. The first-order chi connectivity index (χ1) is 14.8. The molecule has 31 heavy (non-hydrogen) atoms. The summed E-state index contributed by atoms with van der Waals surface area (Å²) in [4.78, 5) is 17.2. The van der Waals surface area contributed by atoms with Crippen molar-refractivity contribution in [1.29, 1.82) is 0 Å². The highest BCUT2D eigenvalue weighted by molar-refractivity contribution is 7.92. The van der Waals surface area contributed by atoms with Crippen LogP contribution >= 0.6 is 0 Å². The molecule has 0 aliphatic carbocycles. The van der Waals surface area contributed by atoms with Crippen LogP contribution in [0.3, 0.4) is 0 Å². The van der Waals surface area contributed by atoms with Crippen LogP contribution in [-0.2, 0) is 14.8 Å². The lowest BCUT2D eigenvalue weighted by Crippen LogP contribution is -2.44. The van der Waals surface area contributed by atoms with Gasteiger partial charge in [0.25, 0.3) is 0 Å². The first-order valence-corrected chi connectivity index (χ1v) is 11.9. The van der Waals surface area contributed by atoms with Gasteiger partial charge >= 0.3 is 0 Å². The Hall–Kier alpha value is -2.98. The summed E-state index contributed by atoms with van der Waals surface area (Å²) in [7, 11) is -1.57. The molecule has 0 atom stereocenters. The van der Waals surface area contributed by atoms with E-state index in [9.17, 15) is 13.2 Å². The number of amides is 1. The first-order valence-electron chi connectivity index (χ1n) is 10.0. The fraction of sp³-hybridized carbons (Fsp3) is 0.381. The molecule has 0 radical (unpaired) electrons. The summed E-state index contributed by atoms with van der Waals surface area (Å²) in [5.41, 5.74) is 2.05. The van der Waals surface area contributed by atoms with Gasteiger partial charge < -0.3 is 24.6 Å². The number of ether oxygens (including phenoxy) is 2. The number of hydrogen-bond acceptors (Lipinski definition) is 7. The summed E-state index contributed by atoms with van der Waals surface area (Å²) in [6.07, 6.45) is 1.07. The molecule has 0 spiro atoms. The topological polar surface area (TPSA) is 91.4 Å². The number of benzene rings is 2. The Morgan fingerprint density at radius 3 is 2.39 bits per heavy atom. The molecule has 0 unspecified atom stereocenters. The van der Waals surface area contributed by atoms with E-state index in [4.69, 9.17) is 9.47 Å². The molecule has 2 aliphatic heterocycles. The van der Waals surface area contributed by atoms with Crippen molar-refractivity contribution in [2.45, 2.75) is 0 Å². The van der Waals surface area contributed by atoms with Crippen LogP contribution in [-0.4, -0.2) is 72.0 Å². The van der Waals surface area contributed by atoms with Crippen LogP contribution in [0.4, 0.5) is 17.1 Å². The molecule has 0 aromatic heterocycles. The SMILES string of the molecule is CN1CCN(c2ccc(NC(=O)CN(c3ccc4c(c3)OCO4)S(C)(=O)=O)cc2)CC1. The quantitative estimate of drug-likeness (QED) is 0.720. The molecule has 2 heterocycles. The second kappa shape index (κ2) is 8.64. The smallest absolute Gasteiger partial charge is 0.245 e. The number of fused-ring (bicyclic) bond motifs is 1. The maximum absolute atomic E-state index is 12.6. The number of rotatable bonds is 6. The van der Waals surface area contributed by atoms with Gasteiger partial charge in [-0.3, -0.25) is 9.10 Å². The zero-order valence-electron chi connectivity index (χ0n) is 17.6. The maximum atomic E-state index is 12.6. The van der Waals surface area contributed by atoms with Crippen molar-refractivity contribution in [3.63, 3.8) is 0 Å². The van der Waals surface area contributed by atoms with Gasteiger partial charge in [-0.05, 0) is 43.4 Å². The van der Waals surface area contributed by atoms with Crippen molar-refractivity contribution in [3.05, 3.63) is 42.5 Å². The fourth-order valence-electron chi connectivity index (χ4n) is 3.59. The van der Waals surface area contributed by atoms with E-state index in [1.165, 1.54) is 0 Å². The minimum atomic E-state index is -3.68. The number of nitrogens with one attached hydrogen (secondary N) is 1. The predicted octanol–water partition coefficient (Wildman–Crippen LogP) is 1.57. The van der Waals surface area contributed by atoms with E-state index in [-0.39, 0.29) is 13.3 Å². The number of carbonyl (C=O) groups excluding carboxylic acids is 1. The van der Waals surface area contributed by atoms with E-state index in [1.54, 1.807) is 18.2 Å². The normalized spacial score (nSPS) is 16.3. The molecule has 1 amide bonds. The lowest BCUT2D eigenvalue weighted by Gasteiger charge is -2.34. The number of carbonyl (C=O) groups is 1. The van der Waals surface area contributed by atoms with Crippen molar-refractivity contribution in [1.82, 2.24) is 4.90 Å². The monoisotopic (exact) mass is 446 g/mol. The molecule has 1 saturated heterocycles. The molecule has 0 saturated carbocycles. The highest BCUT2D eigenvalue weighted by Crippen LogP contribution is 2.36. The number of piperazine rings is 1. The fourth-order valence-corrected chi connectivity index (χ4v) is 4.44. The van der Waals surface area contributed by atoms with Crippen LogP contribution in [0.15, 0.2) is 42.5 Å². The standard InChI is InChI=1S/C21H26N4O5S/c1-23-9-11-24(12-10-23)17-5-3-16(4-6-17)22-21(26)14-25(31(2,27)28)18-7-8-19-20(13-18)30-15-29-19/h3-8,13H,9-12,14-15H2,1-2H3,(H,22,26). The summed E-state index contributed by atoms with van der Waals surface area (Å²) in [5, 5.41) is 2.78. The third-order valence-corrected chi connectivity index (χ3v) is 6.49. The molecule has 0 bridgehead atoms. The Labute approximate surface area is 182 Å². The number of anilines is 3. The average molecular weight is 447 g/mol. The van der Waals surface area contributed by atoms with Crippen molar-refractivity contribution in [2.75, 3.05) is 67.3 Å². The van der Waals surface area contributed by atoms with Gasteiger partial charge in [0, 0.05) is 43.6 Å². The Balaban J connectivity index is 1.42. The van der Waals surface area contributed by atoms with Gasteiger partial charge in [0.15, 0.2) is 11.5 Å². The molecule has 166 valence electrons. The van der Waals surface area contributed by atoms with E-state index in [2.05, 4.69) is 22.2 Å². The zero-order valence-corrected chi connectivity index (χ0v) is 18.4. The summed E-state index contributed by atoms with van der Waals surface area (Å²) < 4.78 is 36.3. The lowest BCUT2D eigenvalue weighted by molar-refractivity contribution is -0.114.